The van der Waals surface area contributed by atoms with E-state index in [2.05, 4.69) is 10.2 Å². The molecule has 4 atom stereocenters. The van der Waals surface area contributed by atoms with Crippen molar-refractivity contribution >= 4 is 23.4 Å². The van der Waals surface area contributed by atoms with Crippen LogP contribution in [0.25, 0.3) is 0 Å². The topological polar surface area (TPSA) is 109 Å². The van der Waals surface area contributed by atoms with Gasteiger partial charge in [-0.3, -0.25) is 24.1 Å². The van der Waals surface area contributed by atoms with Gasteiger partial charge >= 0.3 is 0 Å². The quantitative estimate of drug-likeness (QED) is 0.381. The van der Waals surface area contributed by atoms with E-state index in [4.69, 9.17) is 9.47 Å². The average molecular weight is 542 g/mol. The summed E-state index contributed by atoms with van der Waals surface area (Å²) in [6.45, 7) is 9.59. The van der Waals surface area contributed by atoms with E-state index in [-0.39, 0.29) is 42.3 Å². The Hall–Kier alpha value is -2.62. The molecule has 39 heavy (non-hydrogen) atoms. The van der Waals surface area contributed by atoms with Crippen LogP contribution >= 0.6 is 0 Å². The molecule has 3 aliphatic rings. The molecule has 1 N–H and O–H groups in total. The maximum absolute atomic E-state index is 13.7. The largest absolute Gasteiger partial charge is 0.379 e. The average Bonchev–Trinajstić information content (AvgIpc) is 3.47. The fourth-order valence-corrected chi connectivity index (χ4v) is 5.59. The van der Waals surface area contributed by atoms with Crippen molar-refractivity contribution in [3.05, 3.63) is 35.9 Å². The van der Waals surface area contributed by atoms with Crippen LogP contribution in [-0.4, -0.2) is 96.9 Å². The summed E-state index contributed by atoms with van der Waals surface area (Å²) in [5.74, 6) is -1.02. The smallest absolute Gasteiger partial charge is 0.237 e. The highest BCUT2D eigenvalue weighted by atomic mass is 16.6. The van der Waals surface area contributed by atoms with Gasteiger partial charge in [0.15, 0.2) is 11.6 Å². The van der Waals surface area contributed by atoms with Crippen molar-refractivity contribution in [3.63, 3.8) is 0 Å². The molecule has 9 nitrogen and oxygen atoms in total. The van der Waals surface area contributed by atoms with E-state index in [0.717, 1.165) is 12.0 Å². The van der Waals surface area contributed by atoms with E-state index in [9.17, 15) is 19.2 Å². The minimum Gasteiger partial charge on any atom is -0.379 e. The van der Waals surface area contributed by atoms with Crippen molar-refractivity contribution in [2.45, 2.75) is 70.6 Å². The number of carbonyl (C=O) groups is 4. The molecule has 3 aliphatic heterocycles. The molecule has 0 aliphatic carbocycles. The zero-order valence-corrected chi connectivity index (χ0v) is 23.5. The summed E-state index contributed by atoms with van der Waals surface area (Å²) in [4.78, 5) is 57.3. The van der Waals surface area contributed by atoms with E-state index >= 15 is 0 Å². The van der Waals surface area contributed by atoms with Crippen LogP contribution in [0.4, 0.5) is 0 Å². The molecule has 0 saturated carbocycles. The Morgan fingerprint density at radius 3 is 2.41 bits per heavy atom. The van der Waals surface area contributed by atoms with Crippen LogP contribution in [0, 0.1) is 11.8 Å². The van der Waals surface area contributed by atoms with Crippen LogP contribution in [0.2, 0.25) is 0 Å². The van der Waals surface area contributed by atoms with Crippen LogP contribution in [-0.2, 0) is 35.1 Å². The lowest BCUT2D eigenvalue weighted by Crippen LogP contribution is -2.50. The zero-order valence-electron chi connectivity index (χ0n) is 23.5. The highest BCUT2D eigenvalue weighted by Crippen LogP contribution is 2.30. The predicted octanol–water partition coefficient (Wildman–Crippen LogP) is 2.02. The van der Waals surface area contributed by atoms with Crippen molar-refractivity contribution in [2.24, 2.45) is 11.8 Å². The first kappa shape index (κ1) is 29.4. The normalized spacial score (nSPS) is 24.8. The molecule has 3 heterocycles. The van der Waals surface area contributed by atoms with Gasteiger partial charge in [-0.15, -0.1) is 0 Å². The number of ether oxygens (including phenoxy) is 2. The van der Waals surface area contributed by atoms with Crippen molar-refractivity contribution in [2.75, 3.05) is 46.0 Å². The first-order valence-electron chi connectivity index (χ1n) is 14.3. The number of nitrogens with one attached hydrogen (secondary N) is 1. The molecule has 9 heteroatoms. The number of benzene rings is 1. The molecule has 1 aromatic carbocycles. The Morgan fingerprint density at radius 1 is 1.08 bits per heavy atom. The third-order valence-corrected chi connectivity index (χ3v) is 7.99. The van der Waals surface area contributed by atoms with Gasteiger partial charge in [0.1, 0.15) is 5.60 Å². The Balaban J connectivity index is 1.45. The van der Waals surface area contributed by atoms with Crippen LogP contribution in [0.5, 0.6) is 0 Å². The molecule has 2 amide bonds. The summed E-state index contributed by atoms with van der Waals surface area (Å²) in [6, 6.07) is 8.42. The Kier molecular flexibility index (Phi) is 9.91. The van der Waals surface area contributed by atoms with Gasteiger partial charge in [0.25, 0.3) is 0 Å². The number of hydrogen-bond acceptors (Lipinski definition) is 7. The lowest BCUT2D eigenvalue weighted by molar-refractivity contribution is -0.140. The number of hydrogen-bond donors (Lipinski definition) is 1. The zero-order chi connectivity index (χ0) is 28.0. The number of nitrogens with zero attached hydrogens (tertiary/aromatic N) is 2. The second-order valence-corrected chi connectivity index (χ2v) is 11.8. The molecular formula is C30H43N3O6. The van der Waals surface area contributed by atoms with Gasteiger partial charge in [-0.2, -0.15) is 0 Å². The number of rotatable bonds is 13. The fraction of sp³-hybridized carbons (Fsp3) is 0.667. The molecule has 0 unspecified atom stereocenters. The van der Waals surface area contributed by atoms with Gasteiger partial charge in [-0.1, -0.05) is 44.2 Å². The van der Waals surface area contributed by atoms with E-state index in [0.29, 0.717) is 58.7 Å². The standard InChI is InChI=1S/C30H43N3O6/c1-21(2)16-24(28(36)30(3)20-39-30)31-29(37)23(17-22-8-5-4-6-9-22)18-26(34)25-10-7-11-33(25)27(35)19-32-12-14-38-15-13-32/h4-6,8-9,21,23-25H,7,10-20H2,1-3H3,(H,31,37)/t23-,24+,25+,30-/m1/s1. The van der Waals surface area contributed by atoms with Gasteiger partial charge in [-0.25, -0.2) is 0 Å². The molecule has 0 spiro atoms. The van der Waals surface area contributed by atoms with E-state index in [1.54, 1.807) is 11.8 Å². The number of amides is 2. The number of carbonyl (C=O) groups excluding carboxylic acids is 4. The van der Waals surface area contributed by atoms with Gasteiger partial charge in [0.2, 0.25) is 11.8 Å². The van der Waals surface area contributed by atoms with E-state index in [1.165, 1.54) is 0 Å². The first-order valence-corrected chi connectivity index (χ1v) is 14.3. The second kappa shape index (κ2) is 13.2. The monoisotopic (exact) mass is 541 g/mol. The summed E-state index contributed by atoms with van der Waals surface area (Å²) >= 11 is 0. The second-order valence-electron chi connectivity index (χ2n) is 11.8. The fourth-order valence-electron chi connectivity index (χ4n) is 5.59. The lowest BCUT2D eigenvalue weighted by atomic mass is 9.89. The molecule has 0 aromatic heterocycles. The van der Waals surface area contributed by atoms with E-state index < -0.39 is 23.6 Å². The molecule has 214 valence electrons. The van der Waals surface area contributed by atoms with Crippen molar-refractivity contribution in [1.29, 1.82) is 0 Å². The number of ketones is 2. The maximum atomic E-state index is 13.7. The highest BCUT2D eigenvalue weighted by molar-refractivity contribution is 5.98. The SMILES string of the molecule is CC(C)C[C@H](NC(=O)[C@@H](CC(=O)[C@@H]1CCCN1C(=O)CN1CCOCC1)Cc1ccccc1)C(=O)[C@@]1(C)CO1. The van der Waals surface area contributed by atoms with Crippen LogP contribution in [0.15, 0.2) is 30.3 Å². The summed E-state index contributed by atoms with van der Waals surface area (Å²) in [5.41, 5.74) is 0.101. The molecule has 4 rings (SSSR count). The molecule has 3 fully saturated rings. The first-order chi connectivity index (χ1) is 18.7. The van der Waals surface area contributed by atoms with Gasteiger partial charge in [0, 0.05) is 32.0 Å². The minimum atomic E-state index is -0.844. The molecular weight excluding hydrogens is 498 g/mol. The highest BCUT2D eigenvalue weighted by Gasteiger charge is 2.50. The third-order valence-electron chi connectivity index (χ3n) is 7.99. The number of epoxide rings is 1. The summed E-state index contributed by atoms with van der Waals surface area (Å²) in [7, 11) is 0. The predicted molar refractivity (Wildman–Crippen MR) is 146 cm³/mol. The Morgan fingerprint density at radius 2 is 1.77 bits per heavy atom. The van der Waals surface area contributed by atoms with Gasteiger partial charge in [0.05, 0.1) is 38.4 Å². The molecule has 3 saturated heterocycles. The maximum Gasteiger partial charge on any atom is 0.237 e. The molecule has 0 bridgehead atoms. The van der Waals surface area contributed by atoms with Crippen LogP contribution in [0.1, 0.15) is 52.0 Å². The lowest BCUT2D eigenvalue weighted by Gasteiger charge is -2.30. The third kappa shape index (κ3) is 7.96. The van der Waals surface area contributed by atoms with Crippen LogP contribution in [0.3, 0.4) is 0 Å². The van der Waals surface area contributed by atoms with Crippen molar-refractivity contribution in [1.82, 2.24) is 15.1 Å². The Labute approximate surface area is 231 Å². The summed E-state index contributed by atoms with van der Waals surface area (Å²) < 4.78 is 10.8. The van der Waals surface area contributed by atoms with Crippen molar-refractivity contribution < 1.29 is 28.7 Å². The number of morpholine rings is 1. The molecule has 0 radical (unpaired) electrons. The number of likely N-dealkylation sites (tertiary alicyclic amines) is 1. The van der Waals surface area contributed by atoms with Gasteiger partial charge < -0.3 is 19.7 Å². The van der Waals surface area contributed by atoms with E-state index in [1.807, 2.05) is 44.2 Å². The summed E-state index contributed by atoms with van der Waals surface area (Å²) in [5, 5.41) is 2.98. The molecule has 1 aromatic rings. The van der Waals surface area contributed by atoms with Crippen LogP contribution < -0.4 is 5.32 Å². The Bertz CT molecular complexity index is 1020. The number of Topliss-reactive ketones (excluding diaryl/α,β-unsaturated/α-hetero) is 2. The summed E-state index contributed by atoms with van der Waals surface area (Å²) in [6.07, 6.45) is 2.27. The van der Waals surface area contributed by atoms with Gasteiger partial charge in [-0.05, 0) is 44.1 Å². The van der Waals surface area contributed by atoms with Crippen molar-refractivity contribution in [3.8, 4) is 0 Å². The minimum absolute atomic E-state index is 0.0169.